The number of allylic oxidation sites excluding steroid dienone is 5. The van der Waals surface area contributed by atoms with Gasteiger partial charge in [0.1, 0.15) is 11.5 Å². The first kappa shape index (κ1) is 29.0. The minimum absolute atomic E-state index is 0.0737. The number of rotatable bonds is 11. The van der Waals surface area contributed by atoms with Crippen molar-refractivity contribution in [3.05, 3.63) is 96.2 Å². The Morgan fingerprint density at radius 2 is 2.05 bits per heavy atom. The Labute approximate surface area is 227 Å². The fourth-order valence-corrected chi connectivity index (χ4v) is 3.80. The van der Waals surface area contributed by atoms with Gasteiger partial charge in [0, 0.05) is 31.4 Å². The van der Waals surface area contributed by atoms with Gasteiger partial charge in [-0.05, 0) is 49.1 Å². The van der Waals surface area contributed by atoms with Crippen molar-refractivity contribution in [1.82, 2.24) is 5.32 Å². The third-order valence-corrected chi connectivity index (χ3v) is 5.92. The summed E-state index contributed by atoms with van der Waals surface area (Å²) in [6.45, 7) is 7.99. The molecule has 2 aliphatic rings. The van der Waals surface area contributed by atoms with Gasteiger partial charge in [0.2, 0.25) is 0 Å². The standard InChI is InChI=1S/C29H33FN4O5/c1-7-24(27-23(31-3)17-26(37-5)29(34-27)38-6)39-25-13-10-20(16-22(25)30)33-18(2)28(35)32-15-14-19-8-11-21(36-4)12-9-19/h7-8,10-13,16-17,19,33H,1-2,9,14-15H2,3-6H3,(H,32,35)/b27-24-,31-23-. The lowest BCUT2D eigenvalue weighted by Gasteiger charge is -2.18. The van der Waals surface area contributed by atoms with Crippen LogP contribution in [0.1, 0.15) is 12.8 Å². The molecule has 1 aromatic carbocycles. The second-order valence-corrected chi connectivity index (χ2v) is 8.42. The first-order chi connectivity index (χ1) is 18.8. The zero-order valence-corrected chi connectivity index (χ0v) is 22.5. The topological polar surface area (TPSA) is 103 Å². The maximum atomic E-state index is 15.0. The lowest BCUT2D eigenvalue weighted by atomic mass is 9.96. The first-order valence-corrected chi connectivity index (χ1v) is 12.2. The molecule has 1 amide bonds. The fourth-order valence-electron chi connectivity index (χ4n) is 3.80. The Morgan fingerprint density at radius 1 is 1.26 bits per heavy atom. The summed E-state index contributed by atoms with van der Waals surface area (Å²) < 4.78 is 36.5. The van der Waals surface area contributed by atoms with Crippen LogP contribution in [0.4, 0.5) is 10.1 Å². The van der Waals surface area contributed by atoms with Gasteiger partial charge in [0.15, 0.2) is 23.1 Å². The summed E-state index contributed by atoms with van der Waals surface area (Å²) in [4.78, 5) is 21.0. The van der Waals surface area contributed by atoms with E-state index in [9.17, 15) is 9.18 Å². The summed E-state index contributed by atoms with van der Waals surface area (Å²) in [6, 6.07) is 4.19. The van der Waals surface area contributed by atoms with E-state index in [1.807, 2.05) is 12.2 Å². The molecule has 0 spiro atoms. The molecule has 3 rings (SSSR count). The molecule has 1 heterocycles. The first-order valence-electron chi connectivity index (χ1n) is 12.2. The molecule has 1 atom stereocenters. The molecule has 1 unspecified atom stereocenters. The SMILES string of the molecule is C=C/C(Oc1ccc(NC(=C)C(=O)NCCC2C=CC(OC)=CC2)cc1F)=C1/N=C(OC)C(OC)=C/C1=N/C. The van der Waals surface area contributed by atoms with Gasteiger partial charge in [-0.2, -0.15) is 0 Å². The molecule has 1 aromatic rings. The van der Waals surface area contributed by atoms with Gasteiger partial charge >= 0.3 is 0 Å². The van der Waals surface area contributed by atoms with E-state index in [1.165, 1.54) is 32.4 Å². The van der Waals surface area contributed by atoms with E-state index in [-0.39, 0.29) is 29.0 Å². The quantitative estimate of drug-likeness (QED) is 0.311. The minimum Gasteiger partial charge on any atom is -0.497 e. The van der Waals surface area contributed by atoms with Crippen LogP contribution >= 0.6 is 0 Å². The number of aliphatic imine (C=N–C) groups is 2. The van der Waals surface area contributed by atoms with Crippen LogP contribution < -0.4 is 15.4 Å². The number of nitrogens with one attached hydrogen (secondary N) is 2. The van der Waals surface area contributed by atoms with Crippen LogP contribution in [0.2, 0.25) is 0 Å². The number of ether oxygens (including phenoxy) is 4. The lowest BCUT2D eigenvalue weighted by molar-refractivity contribution is -0.117. The van der Waals surface area contributed by atoms with Crippen LogP contribution in [0, 0.1) is 11.7 Å². The number of benzene rings is 1. The van der Waals surface area contributed by atoms with Crippen LogP contribution in [-0.4, -0.2) is 52.4 Å². The fraction of sp³-hybridized carbons (Fsp3) is 0.276. The van der Waals surface area contributed by atoms with Crippen molar-refractivity contribution < 1.29 is 28.1 Å². The third kappa shape index (κ3) is 7.47. The molecule has 2 N–H and O–H groups in total. The highest BCUT2D eigenvalue weighted by atomic mass is 19.1. The molecular formula is C29H33FN4O5. The summed E-state index contributed by atoms with van der Waals surface area (Å²) in [5.41, 5.74) is 1.17. The molecule has 9 nitrogen and oxygen atoms in total. The molecule has 10 heteroatoms. The Bertz CT molecular complexity index is 1310. The van der Waals surface area contributed by atoms with Crippen molar-refractivity contribution in [2.24, 2.45) is 15.9 Å². The third-order valence-electron chi connectivity index (χ3n) is 5.92. The van der Waals surface area contributed by atoms with E-state index in [4.69, 9.17) is 18.9 Å². The van der Waals surface area contributed by atoms with E-state index in [1.54, 1.807) is 26.3 Å². The molecule has 0 saturated carbocycles. The van der Waals surface area contributed by atoms with Crippen molar-refractivity contribution in [1.29, 1.82) is 0 Å². The van der Waals surface area contributed by atoms with E-state index in [2.05, 4.69) is 39.9 Å². The van der Waals surface area contributed by atoms with E-state index in [0.29, 0.717) is 35.3 Å². The zero-order chi connectivity index (χ0) is 28.4. The molecule has 1 aliphatic carbocycles. The molecule has 0 aromatic heterocycles. The molecule has 0 bridgehead atoms. The Balaban J connectivity index is 1.62. The number of halogens is 1. The average Bonchev–Trinajstić information content (AvgIpc) is 2.96. The monoisotopic (exact) mass is 536 g/mol. The van der Waals surface area contributed by atoms with Crippen molar-refractivity contribution in [3.63, 3.8) is 0 Å². The highest BCUT2D eigenvalue weighted by Crippen LogP contribution is 2.27. The number of carbonyl (C=O) groups excluding carboxylic acids is 1. The highest BCUT2D eigenvalue weighted by Gasteiger charge is 2.23. The molecular weight excluding hydrogens is 503 g/mol. The number of methoxy groups -OCH3 is 3. The van der Waals surface area contributed by atoms with Gasteiger partial charge in [0.25, 0.3) is 11.8 Å². The summed E-state index contributed by atoms with van der Waals surface area (Å²) in [7, 11) is 6.16. The lowest BCUT2D eigenvalue weighted by Crippen LogP contribution is -2.29. The number of hydrogen-bond acceptors (Lipinski definition) is 8. The number of dihydropyridines is 1. The number of carbonyl (C=O) groups is 1. The van der Waals surface area contributed by atoms with Gasteiger partial charge in [-0.15, -0.1) is 0 Å². The second-order valence-electron chi connectivity index (χ2n) is 8.42. The normalized spacial score (nSPS) is 18.7. The predicted molar refractivity (Wildman–Crippen MR) is 150 cm³/mol. The number of amides is 1. The van der Waals surface area contributed by atoms with Crippen LogP contribution in [0.15, 0.2) is 100 Å². The van der Waals surface area contributed by atoms with Crippen molar-refractivity contribution in [2.45, 2.75) is 12.8 Å². The smallest absolute Gasteiger partial charge is 0.267 e. The van der Waals surface area contributed by atoms with Crippen molar-refractivity contribution in [3.8, 4) is 5.75 Å². The number of nitrogens with zero attached hydrogens (tertiary/aromatic N) is 2. The largest absolute Gasteiger partial charge is 0.497 e. The minimum atomic E-state index is -0.671. The number of hydrogen-bond donors (Lipinski definition) is 2. The van der Waals surface area contributed by atoms with Gasteiger partial charge in [-0.3, -0.25) is 9.79 Å². The van der Waals surface area contributed by atoms with Gasteiger partial charge in [-0.1, -0.05) is 19.2 Å². The van der Waals surface area contributed by atoms with Crippen LogP contribution in [0.25, 0.3) is 0 Å². The maximum Gasteiger partial charge on any atom is 0.267 e. The summed E-state index contributed by atoms with van der Waals surface area (Å²) in [6.07, 6.45) is 10.7. The van der Waals surface area contributed by atoms with Gasteiger partial charge in [0.05, 0.1) is 32.7 Å². The van der Waals surface area contributed by atoms with E-state index < -0.39 is 5.82 Å². The summed E-state index contributed by atoms with van der Waals surface area (Å²) in [5, 5.41) is 5.66. The van der Waals surface area contributed by atoms with Crippen molar-refractivity contribution in [2.75, 3.05) is 40.2 Å². The zero-order valence-electron chi connectivity index (χ0n) is 22.5. The Kier molecular flexibility index (Phi) is 10.3. The average molecular weight is 537 g/mol. The van der Waals surface area contributed by atoms with Gasteiger partial charge < -0.3 is 29.6 Å². The molecule has 206 valence electrons. The van der Waals surface area contributed by atoms with E-state index >= 15 is 0 Å². The number of anilines is 1. The maximum absolute atomic E-state index is 15.0. The predicted octanol–water partition coefficient (Wildman–Crippen LogP) is 4.80. The second kappa shape index (κ2) is 13.8. The van der Waals surface area contributed by atoms with Crippen LogP contribution in [0.3, 0.4) is 0 Å². The molecule has 0 fully saturated rings. The molecule has 0 saturated heterocycles. The highest BCUT2D eigenvalue weighted by molar-refractivity contribution is 6.16. The van der Waals surface area contributed by atoms with E-state index in [0.717, 1.165) is 18.6 Å². The van der Waals surface area contributed by atoms with Gasteiger partial charge in [-0.25, -0.2) is 9.38 Å². The summed E-state index contributed by atoms with van der Waals surface area (Å²) in [5.74, 6) is 0.815. The molecule has 1 aliphatic heterocycles. The summed E-state index contributed by atoms with van der Waals surface area (Å²) >= 11 is 0. The van der Waals surface area contributed by atoms with Crippen LogP contribution in [-0.2, 0) is 19.0 Å². The van der Waals surface area contributed by atoms with Crippen molar-refractivity contribution >= 4 is 23.2 Å². The molecule has 0 radical (unpaired) electrons. The Morgan fingerprint density at radius 3 is 2.64 bits per heavy atom. The Hall–Kier alpha value is -4.60. The molecule has 39 heavy (non-hydrogen) atoms. The van der Waals surface area contributed by atoms with Crippen LogP contribution in [0.5, 0.6) is 5.75 Å².